The van der Waals surface area contributed by atoms with Gasteiger partial charge in [0.25, 0.3) is 0 Å². The van der Waals surface area contributed by atoms with Gasteiger partial charge in [-0.15, -0.1) is 11.3 Å². The van der Waals surface area contributed by atoms with Crippen LogP contribution in [0.4, 0.5) is 15.6 Å². The number of piperazine rings is 1. The van der Waals surface area contributed by atoms with Crippen molar-refractivity contribution in [2.24, 2.45) is 5.14 Å². The molecule has 134 valence electrons. The Bertz CT molecular complexity index is 859. The molecule has 1 aliphatic heterocycles. The average Bonchev–Trinajstić information content (AvgIpc) is 3.10. The summed E-state index contributed by atoms with van der Waals surface area (Å²) in [5, 5.41) is 10.8. The van der Waals surface area contributed by atoms with Crippen LogP contribution < -0.4 is 15.4 Å². The topological polar surface area (TPSA) is 109 Å². The van der Waals surface area contributed by atoms with E-state index in [2.05, 4.69) is 15.2 Å². The predicted molar refractivity (Wildman–Crippen MR) is 97.5 cm³/mol. The molecule has 0 unspecified atom stereocenters. The standard InChI is InChI=1S/C15H19N5O3S2/c1-11-2-3-12(25(16,22)23)10-13(11)18-14(21)19-5-7-20(8-6-19)15-17-4-9-24-15/h2-4,9-10H,5-8H2,1H3,(H,18,21)(H2,16,22,23). The summed E-state index contributed by atoms with van der Waals surface area (Å²) in [5.74, 6) is 0. The highest BCUT2D eigenvalue weighted by atomic mass is 32.2. The van der Waals surface area contributed by atoms with Gasteiger partial charge in [-0.2, -0.15) is 0 Å². The number of nitrogens with one attached hydrogen (secondary N) is 1. The summed E-state index contributed by atoms with van der Waals surface area (Å²) < 4.78 is 23.0. The second kappa shape index (κ2) is 6.98. The van der Waals surface area contributed by atoms with Gasteiger partial charge in [0.05, 0.1) is 4.90 Å². The van der Waals surface area contributed by atoms with E-state index in [1.165, 1.54) is 12.1 Å². The van der Waals surface area contributed by atoms with Crippen molar-refractivity contribution in [2.45, 2.75) is 11.8 Å². The average molecular weight is 381 g/mol. The van der Waals surface area contributed by atoms with Gasteiger partial charge in [0.2, 0.25) is 10.0 Å². The number of amides is 2. The quantitative estimate of drug-likeness (QED) is 0.836. The van der Waals surface area contributed by atoms with Gasteiger partial charge in [0.15, 0.2) is 5.13 Å². The van der Waals surface area contributed by atoms with E-state index in [0.29, 0.717) is 31.9 Å². The van der Waals surface area contributed by atoms with Gasteiger partial charge in [0.1, 0.15) is 0 Å². The van der Waals surface area contributed by atoms with Gasteiger partial charge in [0, 0.05) is 43.4 Å². The predicted octanol–water partition coefficient (Wildman–Crippen LogP) is 1.45. The van der Waals surface area contributed by atoms with Crippen LogP contribution in [0.15, 0.2) is 34.7 Å². The molecule has 0 bridgehead atoms. The molecule has 0 radical (unpaired) electrons. The molecule has 1 aliphatic rings. The number of rotatable bonds is 3. The SMILES string of the molecule is Cc1ccc(S(N)(=O)=O)cc1NC(=O)N1CCN(c2nccs2)CC1. The van der Waals surface area contributed by atoms with E-state index in [1.807, 2.05) is 5.38 Å². The molecular weight excluding hydrogens is 362 g/mol. The summed E-state index contributed by atoms with van der Waals surface area (Å²) in [4.78, 5) is 20.6. The largest absolute Gasteiger partial charge is 0.345 e. The van der Waals surface area contributed by atoms with Crippen molar-refractivity contribution >= 4 is 38.2 Å². The van der Waals surface area contributed by atoms with Gasteiger partial charge < -0.3 is 15.1 Å². The molecule has 3 N–H and O–H groups in total. The Morgan fingerprint density at radius 3 is 2.60 bits per heavy atom. The first kappa shape index (κ1) is 17.6. The first-order valence-electron chi connectivity index (χ1n) is 7.68. The zero-order chi connectivity index (χ0) is 18.0. The summed E-state index contributed by atoms with van der Waals surface area (Å²) in [6.45, 7) is 4.34. The molecule has 10 heteroatoms. The number of carbonyl (C=O) groups excluding carboxylic acids is 1. The van der Waals surface area contributed by atoms with E-state index in [-0.39, 0.29) is 10.9 Å². The van der Waals surface area contributed by atoms with E-state index in [4.69, 9.17) is 5.14 Å². The maximum absolute atomic E-state index is 12.5. The molecule has 8 nitrogen and oxygen atoms in total. The Morgan fingerprint density at radius 1 is 1.28 bits per heavy atom. The van der Waals surface area contributed by atoms with Gasteiger partial charge in [-0.1, -0.05) is 6.07 Å². The first-order chi connectivity index (χ1) is 11.8. The molecule has 1 saturated heterocycles. The lowest BCUT2D eigenvalue weighted by molar-refractivity contribution is 0.208. The van der Waals surface area contributed by atoms with Crippen LogP contribution in [-0.2, 0) is 10.0 Å². The number of aryl methyl sites for hydroxylation is 1. The number of aromatic nitrogens is 1. The minimum atomic E-state index is -3.81. The van der Waals surface area contributed by atoms with Gasteiger partial charge in [-0.3, -0.25) is 0 Å². The van der Waals surface area contributed by atoms with Gasteiger partial charge in [-0.05, 0) is 24.6 Å². The molecule has 25 heavy (non-hydrogen) atoms. The van der Waals surface area contributed by atoms with Crippen LogP contribution in [0.2, 0.25) is 0 Å². The van der Waals surface area contributed by atoms with Crippen molar-refractivity contribution in [3.05, 3.63) is 35.3 Å². The summed E-state index contributed by atoms with van der Waals surface area (Å²) in [7, 11) is -3.81. The zero-order valence-electron chi connectivity index (χ0n) is 13.7. The van der Waals surface area contributed by atoms with E-state index < -0.39 is 10.0 Å². The molecule has 3 rings (SSSR count). The molecule has 0 aliphatic carbocycles. The van der Waals surface area contributed by atoms with E-state index in [1.54, 1.807) is 35.4 Å². The number of hydrogen-bond acceptors (Lipinski definition) is 6. The van der Waals surface area contributed by atoms with Crippen molar-refractivity contribution in [3.63, 3.8) is 0 Å². The van der Waals surface area contributed by atoms with E-state index in [0.717, 1.165) is 10.7 Å². The van der Waals surface area contributed by atoms with Crippen LogP contribution in [0.5, 0.6) is 0 Å². The Balaban J connectivity index is 1.65. The first-order valence-corrected chi connectivity index (χ1v) is 10.1. The lowest BCUT2D eigenvalue weighted by Gasteiger charge is -2.34. The van der Waals surface area contributed by atoms with Crippen LogP contribution in [0, 0.1) is 6.92 Å². The lowest BCUT2D eigenvalue weighted by atomic mass is 10.2. The lowest BCUT2D eigenvalue weighted by Crippen LogP contribution is -2.50. The number of anilines is 2. The Hall–Kier alpha value is -2.17. The van der Waals surface area contributed by atoms with Crippen molar-refractivity contribution in [2.75, 3.05) is 36.4 Å². The Labute approximate surface area is 150 Å². The summed E-state index contributed by atoms with van der Waals surface area (Å²) in [6.07, 6.45) is 1.76. The second-order valence-electron chi connectivity index (χ2n) is 5.74. The molecule has 0 atom stereocenters. The molecule has 1 aromatic heterocycles. The number of sulfonamides is 1. The minimum Gasteiger partial charge on any atom is -0.345 e. The summed E-state index contributed by atoms with van der Waals surface area (Å²) in [6, 6.07) is 4.17. The third-order valence-electron chi connectivity index (χ3n) is 4.04. The molecule has 1 fully saturated rings. The highest BCUT2D eigenvalue weighted by Crippen LogP contribution is 2.21. The molecule has 2 heterocycles. The molecule has 2 amide bonds. The number of hydrogen-bond donors (Lipinski definition) is 2. The highest BCUT2D eigenvalue weighted by molar-refractivity contribution is 7.89. The molecule has 0 saturated carbocycles. The second-order valence-corrected chi connectivity index (χ2v) is 8.18. The van der Waals surface area contributed by atoms with Crippen molar-refractivity contribution in [1.82, 2.24) is 9.88 Å². The maximum atomic E-state index is 12.5. The fourth-order valence-electron chi connectivity index (χ4n) is 2.58. The third kappa shape index (κ3) is 4.09. The fraction of sp³-hybridized carbons (Fsp3) is 0.333. The maximum Gasteiger partial charge on any atom is 0.321 e. The number of benzene rings is 1. The minimum absolute atomic E-state index is 0.0259. The van der Waals surface area contributed by atoms with Crippen LogP contribution in [0.1, 0.15) is 5.56 Å². The van der Waals surface area contributed by atoms with Crippen molar-refractivity contribution < 1.29 is 13.2 Å². The number of carbonyl (C=O) groups is 1. The number of urea groups is 1. The third-order valence-corrected chi connectivity index (χ3v) is 5.78. The molecule has 0 spiro atoms. The summed E-state index contributed by atoms with van der Waals surface area (Å²) in [5.41, 5.74) is 1.21. The Kier molecular flexibility index (Phi) is 4.93. The van der Waals surface area contributed by atoms with Crippen LogP contribution >= 0.6 is 11.3 Å². The molecule has 1 aromatic carbocycles. The van der Waals surface area contributed by atoms with Crippen LogP contribution in [0.25, 0.3) is 0 Å². The fourth-order valence-corrected chi connectivity index (χ4v) is 3.82. The highest BCUT2D eigenvalue weighted by Gasteiger charge is 2.23. The van der Waals surface area contributed by atoms with Crippen LogP contribution in [-0.4, -0.2) is 50.5 Å². The number of thiazole rings is 1. The summed E-state index contributed by atoms with van der Waals surface area (Å²) >= 11 is 1.57. The number of primary sulfonamides is 1. The monoisotopic (exact) mass is 381 g/mol. The smallest absolute Gasteiger partial charge is 0.321 e. The van der Waals surface area contributed by atoms with Crippen molar-refractivity contribution in [1.29, 1.82) is 0 Å². The van der Waals surface area contributed by atoms with E-state index in [9.17, 15) is 13.2 Å². The number of nitrogens with zero attached hydrogens (tertiary/aromatic N) is 3. The molecule has 2 aromatic rings. The normalized spacial score (nSPS) is 15.3. The van der Waals surface area contributed by atoms with Gasteiger partial charge in [-0.25, -0.2) is 23.3 Å². The molecular formula is C15H19N5O3S2. The zero-order valence-corrected chi connectivity index (χ0v) is 15.3. The van der Waals surface area contributed by atoms with Gasteiger partial charge >= 0.3 is 6.03 Å². The van der Waals surface area contributed by atoms with Crippen molar-refractivity contribution in [3.8, 4) is 0 Å². The number of nitrogens with two attached hydrogens (primary N) is 1. The van der Waals surface area contributed by atoms with E-state index >= 15 is 0 Å². The Morgan fingerprint density at radius 2 is 2.00 bits per heavy atom. The van der Waals surface area contributed by atoms with Crippen LogP contribution in [0.3, 0.4) is 0 Å².